The van der Waals surface area contributed by atoms with Crippen molar-refractivity contribution in [2.45, 2.75) is 25.3 Å². The van der Waals surface area contributed by atoms with E-state index >= 15 is 0 Å². The van der Waals surface area contributed by atoms with Gasteiger partial charge in [0.2, 0.25) is 9.84 Å². The first-order valence-corrected chi connectivity index (χ1v) is 7.62. The molecule has 0 amide bonds. The van der Waals surface area contributed by atoms with Gasteiger partial charge < -0.3 is 9.47 Å². The number of hydrogen-bond acceptors (Lipinski definition) is 6. The Morgan fingerprint density at radius 1 is 1.40 bits per heavy atom. The molecular weight excluding hydrogens is 278 g/mol. The second-order valence-electron chi connectivity index (χ2n) is 4.99. The summed E-state index contributed by atoms with van der Waals surface area (Å²) >= 11 is 0. The second kappa shape index (κ2) is 4.92. The Morgan fingerprint density at radius 3 is 2.60 bits per heavy atom. The van der Waals surface area contributed by atoms with Crippen LogP contribution in [0.1, 0.15) is 11.3 Å². The third kappa shape index (κ3) is 2.09. The average Bonchev–Trinajstić information content (AvgIpc) is 2.60. The molecule has 1 aromatic rings. The number of nitrogens with one attached hydrogen (secondary N) is 1. The lowest BCUT2D eigenvalue weighted by Gasteiger charge is -2.17. The van der Waals surface area contributed by atoms with Crippen molar-refractivity contribution in [2.24, 2.45) is 5.10 Å². The fourth-order valence-electron chi connectivity index (χ4n) is 2.20. The molecule has 1 N–H and O–H groups in total. The number of likely N-dealkylation sites (N-methyl/N-ethyl adjacent to an activating group) is 1. The maximum absolute atomic E-state index is 12.3. The zero-order chi connectivity index (χ0) is 15.1. The summed E-state index contributed by atoms with van der Waals surface area (Å²) in [5, 5.41) is 12.1. The zero-order valence-corrected chi connectivity index (χ0v) is 12.7. The normalized spacial score (nSPS) is 16.3. The largest absolute Gasteiger partial charge is 0.328 e. The highest BCUT2D eigenvalue weighted by molar-refractivity contribution is 8.07. The van der Waals surface area contributed by atoms with Crippen LogP contribution in [0, 0.1) is 25.2 Å². The molecule has 20 heavy (non-hydrogen) atoms. The Kier molecular flexibility index (Phi) is 3.58. The Labute approximate surface area is 118 Å². The van der Waals surface area contributed by atoms with Gasteiger partial charge in [0.1, 0.15) is 16.8 Å². The van der Waals surface area contributed by atoms with Crippen LogP contribution in [0.25, 0.3) is 0 Å². The quantitative estimate of drug-likeness (QED) is 0.886. The summed E-state index contributed by atoms with van der Waals surface area (Å²) in [4.78, 5) is 2.18. The van der Waals surface area contributed by atoms with Crippen LogP contribution >= 0.6 is 0 Å². The summed E-state index contributed by atoms with van der Waals surface area (Å²) in [6.45, 7) is 5.04. The van der Waals surface area contributed by atoms with Crippen molar-refractivity contribution >= 4 is 20.7 Å². The minimum atomic E-state index is -3.81. The van der Waals surface area contributed by atoms with Crippen LogP contribution in [0.2, 0.25) is 0 Å². The molecule has 0 aliphatic carbocycles. The second-order valence-corrected chi connectivity index (χ2v) is 6.79. The van der Waals surface area contributed by atoms with Gasteiger partial charge in [-0.3, -0.25) is 5.43 Å². The first-order chi connectivity index (χ1) is 9.30. The molecule has 0 aromatic carbocycles. The first-order valence-electron chi connectivity index (χ1n) is 6.14. The van der Waals surface area contributed by atoms with Gasteiger partial charge in [-0.15, -0.1) is 5.10 Å². The number of nitrogens with zero attached hydrogens (tertiary/aromatic N) is 4. The van der Waals surface area contributed by atoms with Gasteiger partial charge in [-0.1, -0.05) is 0 Å². The molecule has 0 bridgehead atoms. The van der Waals surface area contributed by atoms with Gasteiger partial charge in [-0.2, -0.15) is 5.26 Å². The van der Waals surface area contributed by atoms with Crippen molar-refractivity contribution in [1.29, 1.82) is 5.26 Å². The number of sulfone groups is 1. The molecule has 0 spiro atoms. The van der Waals surface area contributed by atoms with Gasteiger partial charge in [0, 0.05) is 18.8 Å². The molecular formula is C12H17N5O2S. The van der Waals surface area contributed by atoms with E-state index in [9.17, 15) is 8.42 Å². The van der Waals surface area contributed by atoms with E-state index in [4.69, 9.17) is 5.26 Å². The van der Waals surface area contributed by atoms with E-state index in [0.717, 1.165) is 12.2 Å². The Hall–Kier alpha value is -1.85. The minimum Gasteiger partial charge on any atom is -0.328 e. The number of hydrazone groups is 1. The van der Waals surface area contributed by atoms with E-state index in [1.807, 2.05) is 30.5 Å². The lowest BCUT2D eigenvalue weighted by Crippen LogP contribution is -2.23. The van der Waals surface area contributed by atoms with E-state index in [-0.39, 0.29) is 4.90 Å². The summed E-state index contributed by atoms with van der Waals surface area (Å²) in [5.41, 5.74) is 4.23. The summed E-state index contributed by atoms with van der Waals surface area (Å²) in [5.74, 6) is 0.445. The van der Waals surface area contributed by atoms with E-state index in [1.165, 1.54) is 0 Å². The molecule has 1 aliphatic heterocycles. The highest BCUT2D eigenvalue weighted by atomic mass is 32.2. The van der Waals surface area contributed by atoms with Crippen LogP contribution in [0.5, 0.6) is 0 Å². The molecule has 0 saturated heterocycles. The SMILES string of the molecule is Cc1c2c(n(CCN(C)C)c1C)NN=C(C#N)S2(=O)=O. The highest BCUT2D eigenvalue weighted by Gasteiger charge is 2.35. The molecule has 0 radical (unpaired) electrons. The standard InChI is InChI=1S/C12H17N5O2S/c1-8-9(2)17(6-5-16(3)4)12-11(8)20(18,19)10(7-13)14-15-12/h15H,5-6H2,1-4H3. The third-order valence-corrected chi connectivity index (χ3v) is 5.15. The van der Waals surface area contributed by atoms with E-state index in [1.54, 1.807) is 13.0 Å². The van der Waals surface area contributed by atoms with Crippen LogP contribution in [-0.4, -0.2) is 43.6 Å². The molecule has 2 rings (SSSR count). The minimum absolute atomic E-state index is 0.167. The molecule has 0 saturated carbocycles. The third-order valence-electron chi connectivity index (χ3n) is 3.43. The maximum atomic E-state index is 12.3. The molecule has 8 heteroatoms. The van der Waals surface area contributed by atoms with Crippen LogP contribution in [0.4, 0.5) is 5.82 Å². The first kappa shape index (κ1) is 14.6. The zero-order valence-electron chi connectivity index (χ0n) is 11.9. The van der Waals surface area contributed by atoms with E-state index in [0.29, 0.717) is 17.9 Å². The van der Waals surface area contributed by atoms with Crippen molar-refractivity contribution in [3.05, 3.63) is 11.3 Å². The van der Waals surface area contributed by atoms with Gasteiger partial charge in [0.15, 0.2) is 0 Å². The van der Waals surface area contributed by atoms with Crippen molar-refractivity contribution in [3.63, 3.8) is 0 Å². The van der Waals surface area contributed by atoms with Crippen LogP contribution < -0.4 is 5.43 Å². The number of aromatic nitrogens is 1. The summed E-state index contributed by atoms with van der Waals surface area (Å²) in [7, 11) is 0.0934. The molecule has 0 fully saturated rings. The molecule has 108 valence electrons. The number of anilines is 1. The van der Waals surface area contributed by atoms with Gasteiger partial charge in [-0.25, -0.2) is 8.42 Å². The molecule has 1 aromatic heterocycles. The van der Waals surface area contributed by atoms with Crippen molar-refractivity contribution in [2.75, 3.05) is 26.1 Å². The van der Waals surface area contributed by atoms with Crippen LogP contribution in [-0.2, 0) is 16.4 Å². The molecule has 1 aliphatic rings. The number of fused-ring (bicyclic) bond motifs is 1. The predicted octanol–water partition coefficient (Wildman–Crippen LogP) is 0.703. The van der Waals surface area contributed by atoms with Crippen molar-refractivity contribution in [3.8, 4) is 6.07 Å². The van der Waals surface area contributed by atoms with Crippen LogP contribution in [0.15, 0.2) is 10.00 Å². The lowest BCUT2D eigenvalue weighted by molar-refractivity contribution is 0.383. The molecule has 0 unspecified atom stereocenters. The van der Waals surface area contributed by atoms with Gasteiger partial charge >= 0.3 is 0 Å². The van der Waals surface area contributed by atoms with E-state index in [2.05, 4.69) is 10.5 Å². The van der Waals surface area contributed by atoms with Gasteiger partial charge in [0.25, 0.3) is 5.04 Å². The Balaban J connectivity index is 2.59. The van der Waals surface area contributed by atoms with Crippen LogP contribution in [0.3, 0.4) is 0 Å². The fraction of sp³-hybridized carbons (Fsp3) is 0.500. The highest BCUT2D eigenvalue weighted by Crippen LogP contribution is 2.34. The molecule has 7 nitrogen and oxygen atoms in total. The van der Waals surface area contributed by atoms with Gasteiger partial charge in [-0.05, 0) is 33.5 Å². The maximum Gasteiger partial charge on any atom is 0.256 e. The number of hydrogen-bond donors (Lipinski definition) is 1. The fourth-order valence-corrected chi connectivity index (χ4v) is 3.64. The summed E-state index contributed by atoms with van der Waals surface area (Å²) in [6.07, 6.45) is 0. The Bertz CT molecular complexity index is 722. The topological polar surface area (TPSA) is 90.5 Å². The summed E-state index contributed by atoms with van der Waals surface area (Å²) < 4.78 is 26.6. The predicted molar refractivity (Wildman–Crippen MR) is 76.3 cm³/mol. The monoisotopic (exact) mass is 295 g/mol. The van der Waals surface area contributed by atoms with Crippen molar-refractivity contribution in [1.82, 2.24) is 9.47 Å². The lowest BCUT2D eigenvalue weighted by atomic mass is 10.3. The average molecular weight is 295 g/mol. The number of nitriles is 1. The molecule has 2 heterocycles. The Morgan fingerprint density at radius 2 is 2.05 bits per heavy atom. The summed E-state index contributed by atoms with van der Waals surface area (Å²) in [6, 6.07) is 1.62. The molecule has 0 atom stereocenters. The number of rotatable bonds is 3. The van der Waals surface area contributed by atoms with Crippen molar-refractivity contribution < 1.29 is 8.42 Å². The van der Waals surface area contributed by atoms with E-state index < -0.39 is 14.9 Å². The smallest absolute Gasteiger partial charge is 0.256 e. The van der Waals surface area contributed by atoms with Gasteiger partial charge in [0.05, 0.1) is 0 Å².